The van der Waals surface area contributed by atoms with Crippen LogP contribution in [0.5, 0.6) is 0 Å². The van der Waals surface area contributed by atoms with Gasteiger partial charge in [-0.05, 0) is 12.8 Å². The van der Waals surface area contributed by atoms with Crippen molar-refractivity contribution in [2.45, 2.75) is 70.9 Å². The van der Waals surface area contributed by atoms with Crippen molar-refractivity contribution in [2.75, 3.05) is 0 Å². The van der Waals surface area contributed by atoms with E-state index >= 15 is 0 Å². The van der Waals surface area contributed by atoms with Crippen LogP contribution in [0.15, 0.2) is 0 Å². The molecule has 0 amide bonds. The highest BCUT2D eigenvalue weighted by Gasteiger charge is 2.75. The highest BCUT2D eigenvalue weighted by molar-refractivity contribution is 8.25. The molecule has 0 aromatic rings. The van der Waals surface area contributed by atoms with Crippen LogP contribution in [0.2, 0.25) is 0 Å². The third-order valence-corrected chi connectivity index (χ3v) is 11.8. The molecule has 32 heavy (non-hydrogen) atoms. The van der Waals surface area contributed by atoms with Crippen molar-refractivity contribution in [1.82, 2.24) is 0 Å². The number of alkyl halides is 14. The summed E-state index contributed by atoms with van der Waals surface area (Å²) in [4.78, 5) is 0. The highest BCUT2D eigenvalue weighted by Crippen LogP contribution is 2.53. The monoisotopic (exact) mass is 548 g/mol. The number of rotatable bonds is 6. The minimum absolute atomic E-state index is 2.17. The van der Waals surface area contributed by atoms with Gasteiger partial charge in [-0.1, -0.05) is 0 Å². The molecule has 1 heterocycles. The van der Waals surface area contributed by atoms with Gasteiger partial charge in [-0.25, -0.2) is 25.6 Å². The lowest BCUT2D eigenvalue weighted by molar-refractivity contribution is -0.343. The number of hydrogen-bond acceptors (Lipinski definition) is 4. The fourth-order valence-electron chi connectivity index (χ4n) is 2.84. The lowest BCUT2D eigenvalue weighted by atomic mass is 9.98. The topological polar surface area (TPSA) is 68.3 Å². The summed E-state index contributed by atoms with van der Waals surface area (Å²) in [7, 11) is -11.0. The van der Waals surface area contributed by atoms with Crippen LogP contribution in [0.4, 0.5) is 61.5 Å². The molecule has 0 saturated carbocycles. The zero-order valence-corrected chi connectivity index (χ0v) is 16.4. The van der Waals surface area contributed by atoms with Gasteiger partial charge in [0.2, 0.25) is 0 Å². The Morgan fingerprint density at radius 3 is 0.781 bits per heavy atom. The van der Waals surface area contributed by atoms with Crippen LogP contribution >= 0.6 is 0 Å². The van der Waals surface area contributed by atoms with E-state index in [1.54, 1.807) is 0 Å². The minimum Gasteiger partial charge on any atom is -0.226 e. The molecule has 0 unspecified atom stereocenters. The van der Waals surface area contributed by atoms with Crippen LogP contribution in [0.3, 0.4) is 0 Å². The molecule has 1 aliphatic heterocycles. The lowest BCUT2D eigenvalue weighted by Crippen LogP contribution is -2.60. The smallest absolute Gasteiger partial charge is 0.226 e. The summed E-state index contributed by atoms with van der Waals surface area (Å²) in [5, 5.41) is 0. The summed E-state index contributed by atoms with van der Waals surface area (Å²) in [6, 6.07) is 0. The molecule has 0 aromatic carbocycles. The van der Waals surface area contributed by atoms with Crippen molar-refractivity contribution in [2.24, 2.45) is 0 Å². The number of hydrogen-bond donors (Lipinski definition) is 0. The first-order valence-corrected chi connectivity index (χ1v) is 11.0. The Balaban J connectivity index is 3.15. The second kappa shape index (κ2) is 7.72. The molecule has 0 N–H and O–H groups in total. The summed E-state index contributed by atoms with van der Waals surface area (Å²) < 4.78 is 218. The van der Waals surface area contributed by atoms with Crippen molar-refractivity contribution in [3.8, 4) is 0 Å². The summed E-state index contributed by atoms with van der Waals surface area (Å²) in [5.74, 6) is 0. The van der Waals surface area contributed by atoms with E-state index in [0.29, 0.717) is 0 Å². The van der Waals surface area contributed by atoms with E-state index in [4.69, 9.17) is 0 Å². The van der Waals surface area contributed by atoms with Gasteiger partial charge in [0.1, 0.15) is 0 Å². The molecular formula is C12H10F14O4S2. The first-order chi connectivity index (χ1) is 13.7. The lowest BCUT2D eigenvalue weighted by Gasteiger charge is -2.38. The van der Waals surface area contributed by atoms with Gasteiger partial charge in [0.25, 0.3) is 11.3 Å². The molecule has 0 atom stereocenters. The van der Waals surface area contributed by atoms with Crippen molar-refractivity contribution in [3.63, 3.8) is 0 Å². The molecule has 1 aliphatic rings. The van der Waals surface area contributed by atoms with Gasteiger partial charge in [-0.3, -0.25) is 0 Å². The summed E-state index contributed by atoms with van der Waals surface area (Å²) in [6.45, 7) is 0. The zero-order chi connectivity index (χ0) is 26.0. The summed E-state index contributed by atoms with van der Waals surface area (Å²) in [5.41, 5.74) is -12.1. The molecular weight excluding hydrogens is 538 g/mol. The predicted octanol–water partition coefficient (Wildman–Crippen LogP) is 4.71. The van der Waals surface area contributed by atoms with Crippen molar-refractivity contribution in [3.05, 3.63) is 0 Å². The second-order valence-electron chi connectivity index (χ2n) is 6.71. The molecule has 1 saturated heterocycles. The Labute approximate surface area is 169 Å². The summed E-state index contributed by atoms with van der Waals surface area (Å²) in [6.07, 6.45) is -36.6. The highest BCUT2D eigenvalue weighted by atomic mass is 32.3. The van der Waals surface area contributed by atoms with Crippen LogP contribution in [-0.4, -0.2) is 62.0 Å². The van der Waals surface area contributed by atoms with Gasteiger partial charge in [0.15, 0.2) is 28.8 Å². The Morgan fingerprint density at radius 2 is 0.625 bits per heavy atom. The Bertz CT molecular complexity index is 785. The van der Waals surface area contributed by atoms with Crippen LogP contribution in [-0.2, 0) is 19.7 Å². The van der Waals surface area contributed by atoms with Gasteiger partial charge < -0.3 is 0 Å². The molecule has 0 radical (unpaired) electrons. The van der Waals surface area contributed by atoms with E-state index in [0.717, 1.165) is 0 Å². The van der Waals surface area contributed by atoms with Crippen LogP contribution < -0.4 is 0 Å². The van der Waals surface area contributed by atoms with Crippen LogP contribution in [0, 0.1) is 0 Å². The molecule has 0 aliphatic carbocycles. The molecule has 0 aromatic heterocycles. The van der Waals surface area contributed by atoms with Crippen molar-refractivity contribution < 1.29 is 78.3 Å². The first-order valence-electron chi connectivity index (χ1n) is 7.78. The van der Waals surface area contributed by atoms with Gasteiger partial charge in [0.05, 0.1) is 0 Å². The molecule has 0 spiro atoms. The molecule has 192 valence electrons. The average molecular weight is 548 g/mol. The zero-order valence-electron chi connectivity index (χ0n) is 14.7. The van der Waals surface area contributed by atoms with Gasteiger partial charge in [0, 0.05) is 12.8 Å². The molecule has 4 nitrogen and oxygen atoms in total. The predicted molar refractivity (Wildman–Crippen MR) is 75.8 cm³/mol. The minimum atomic E-state index is -6.67. The van der Waals surface area contributed by atoms with E-state index in [-0.39, 0.29) is 0 Å². The number of halogens is 14. The van der Waals surface area contributed by atoms with E-state index in [2.05, 4.69) is 0 Å². The maximum Gasteiger partial charge on any atom is 0.431 e. The van der Waals surface area contributed by atoms with Crippen LogP contribution in [0.1, 0.15) is 25.7 Å². The third kappa shape index (κ3) is 4.48. The quantitative estimate of drug-likeness (QED) is 0.452. The Kier molecular flexibility index (Phi) is 6.99. The molecule has 1 rings (SSSR count). The third-order valence-electron chi connectivity index (χ3n) is 4.71. The van der Waals surface area contributed by atoms with Gasteiger partial charge >= 0.3 is 24.7 Å². The van der Waals surface area contributed by atoms with Crippen LogP contribution in [0.25, 0.3) is 0 Å². The fourth-order valence-corrected chi connectivity index (χ4v) is 9.07. The van der Waals surface area contributed by atoms with Crippen molar-refractivity contribution >= 4 is 19.7 Å². The fraction of sp³-hybridized carbons (Fsp3) is 1.00. The SMILES string of the molecule is O=S1(=O)C(CCC(F)(C(F)(F)F)C(F)(F)F)S(=O)(=O)C1CCC(F)(C(F)(F)F)C(F)(F)F. The Hall–Kier alpha value is -1.08. The normalized spacial score (nSPS) is 24.8. The van der Waals surface area contributed by atoms with Gasteiger partial charge in [-0.15, -0.1) is 0 Å². The van der Waals surface area contributed by atoms with E-state index in [1.807, 2.05) is 0 Å². The average Bonchev–Trinajstić information content (AvgIpc) is 2.49. The standard InChI is InChI=1S/C12H10F14O4S2/c13-7(9(15,16)17,10(18,19)20)3-1-5-31(27,28)6(32(5,29)30)2-4-8(14,11(21,22)23)12(24,25)26/h5-6H,1-4H2. The maximum atomic E-state index is 13.6. The summed E-state index contributed by atoms with van der Waals surface area (Å²) >= 11 is 0. The van der Waals surface area contributed by atoms with Gasteiger partial charge in [-0.2, -0.15) is 52.7 Å². The van der Waals surface area contributed by atoms with E-state index < -0.39 is 90.6 Å². The van der Waals surface area contributed by atoms with E-state index in [1.165, 1.54) is 0 Å². The van der Waals surface area contributed by atoms with Crippen molar-refractivity contribution in [1.29, 1.82) is 0 Å². The largest absolute Gasteiger partial charge is 0.431 e. The number of sulfone groups is 2. The second-order valence-corrected chi connectivity index (χ2v) is 11.9. The first kappa shape index (κ1) is 29.0. The molecule has 20 heteroatoms. The Morgan fingerprint density at radius 1 is 0.438 bits per heavy atom. The maximum absolute atomic E-state index is 13.6. The molecule has 0 bridgehead atoms. The molecule has 1 fully saturated rings. The van der Waals surface area contributed by atoms with E-state index in [9.17, 15) is 78.3 Å².